The molecule has 3 aromatic rings. The lowest BCUT2D eigenvalue weighted by atomic mass is 10.1. The van der Waals surface area contributed by atoms with Crippen molar-refractivity contribution in [1.82, 2.24) is 19.7 Å². The molecule has 2 aromatic heterocycles. The predicted molar refractivity (Wildman–Crippen MR) is 106 cm³/mol. The zero-order valence-electron chi connectivity index (χ0n) is 15.2. The Morgan fingerprint density at radius 3 is 2.89 bits per heavy atom. The smallest absolute Gasteiger partial charge is 0.243 e. The molecule has 1 atom stereocenters. The van der Waals surface area contributed by atoms with Gasteiger partial charge >= 0.3 is 0 Å². The number of amides is 1. The van der Waals surface area contributed by atoms with Crippen molar-refractivity contribution in [2.45, 2.75) is 31.8 Å². The van der Waals surface area contributed by atoms with E-state index in [-0.39, 0.29) is 17.8 Å². The van der Waals surface area contributed by atoms with E-state index in [0.29, 0.717) is 18.8 Å². The number of hydrogen-bond donors (Lipinski definition) is 1. The molecule has 3 heterocycles. The SMILES string of the molecule is O=C(NCc1cccnc1)C1CCCN1c1nc(Cc2ccc(F)cc2)ns1. The molecule has 144 valence electrons. The van der Waals surface area contributed by atoms with E-state index in [9.17, 15) is 9.18 Å². The van der Waals surface area contributed by atoms with Gasteiger partial charge in [-0.25, -0.2) is 9.37 Å². The van der Waals surface area contributed by atoms with Gasteiger partial charge in [-0.2, -0.15) is 4.37 Å². The van der Waals surface area contributed by atoms with Gasteiger partial charge in [-0.3, -0.25) is 9.78 Å². The van der Waals surface area contributed by atoms with E-state index >= 15 is 0 Å². The first-order chi connectivity index (χ1) is 13.7. The summed E-state index contributed by atoms with van der Waals surface area (Å²) in [7, 11) is 0. The number of pyridine rings is 1. The molecular formula is C20H20FN5OS. The Kier molecular flexibility index (Phi) is 5.57. The van der Waals surface area contributed by atoms with Crippen LogP contribution in [0.1, 0.15) is 29.8 Å². The fourth-order valence-corrected chi connectivity index (χ4v) is 4.06. The third-order valence-electron chi connectivity index (χ3n) is 4.72. The molecule has 0 radical (unpaired) electrons. The molecule has 1 aliphatic rings. The van der Waals surface area contributed by atoms with E-state index in [1.54, 1.807) is 24.5 Å². The van der Waals surface area contributed by atoms with E-state index in [1.807, 2.05) is 17.0 Å². The fraction of sp³-hybridized carbons (Fsp3) is 0.300. The van der Waals surface area contributed by atoms with Crippen molar-refractivity contribution in [3.05, 3.63) is 71.6 Å². The lowest BCUT2D eigenvalue weighted by molar-refractivity contribution is -0.122. The van der Waals surface area contributed by atoms with Crippen LogP contribution >= 0.6 is 11.5 Å². The van der Waals surface area contributed by atoms with Crippen molar-refractivity contribution in [2.75, 3.05) is 11.4 Å². The quantitative estimate of drug-likeness (QED) is 0.693. The molecule has 1 aromatic carbocycles. The predicted octanol–water partition coefficient (Wildman–Crippen LogP) is 2.95. The molecule has 1 amide bonds. The minimum atomic E-state index is -0.257. The van der Waals surface area contributed by atoms with Crippen LogP contribution in [0.4, 0.5) is 9.52 Å². The average molecular weight is 397 g/mol. The molecule has 8 heteroatoms. The molecule has 4 rings (SSSR count). The van der Waals surface area contributed by atoms with Crippen LogP contribution in [0.15, 0.2) is 48.8 Å². The summed E-state index contributed by atoms with van der Waals surface area (Å²) in [5, 5.41) is 3.75. The van der Waals surface area contributed by atoms with Gasteiger partial charge in [0.15, 0.2) is 0 Å². The first-order valence-corrected chi connectivity index (χ1v) is 9.96. The van der Waals surface area contributed by atoms with Crippen molar-refractivity contribution in [1.29, 1.82) is 0 Å². The number of hydrogen-bond acceptors (Lipinski definition) is 6. The summed E-state index contributed by atoms with van der Waals surface area (Å²) in [5.74, 6) is 0.428. The van der Waals surface area contributed by atoms with Crippen molar-refractivity contribution < 1.29 is 9.18 Å². The highest BCUT2D eigenvalue weighted by Crippen LogP contribution is 2.27. The Morgan fingerprint density at radius 1 is 1.25 bits per heavy atom. The van der Waals surface area contributed by atoms with Gasteiger partial charge in [0.2, 0.25) is 11.0 Å². The van der Waals surface area contributed by atoms with E-state index in [1.165, 1.54) is 23.7 Å². The first-order valence-electron chi connectivity index (χ1n) is 9.19. The molecule has 6 nitrogen and oxygen atoms in total. The van der Waals surface area contributed by atoms with Crippen LogP contribution in [0.3, 0.4) is 0 Å². The molecule has 1 aliphatic heterocycles. The Hall–Kier alpha value is -2.87. The van der Waals surface area contributed by atoms with Crippen molar-refractivity contribution in [3.63, 3.8) is 0 Å². The molecule has 0 aliphatic carbocycles. The molecule has 0 saturated carbocycles. The van der Waals surface area contributed by atoms with Crippen molar-refractivity contribution in [2.24, 2.45) is 0 Å². The summed E-state index contributed by atoms with van der Waals surface area (Å²) in [4.78, 5) is 23.4. The highest BCUT2D eigenvalue weighted by molar-refractivity contribution is 7.09. The average Bonchev–Trinajstić information content (AvgIpc) is 3.38. The molecule has 0 spiro atoms. The van der Waals surface area contributed by atoms with Gasteiger partial charge in [0, 0.05) is 43.4 Å². The largest absolute Gasteiger partial charge is 0.350 e. The number of anilines is 1. The number of nitrogens with zero attached hydrogens (tertiary/aromatic N) is 4. The molecule has 1 N–H and O–H groups in total. The second-order valence-corrected chi connectivity index (χ2v) is 7.46. The minimum absolute atomic E-state index is 0.00311. The number of halogens is 1. The summed E-state index contributed by atoms with van der Waals surface area (Å²) in [6, 6.07) is 9.90. The Labute approximate surface area is 166 Å². The van der Waals surface area contributed by atoms with Crippen LogP contribution in [0.25, 0.3) is 0 Å². The van der Waals surface area contributed by atoms with Crippen molar-refractivity contribution >= 4 is 22.6 Å². The second-order valence-electron chi connectivity index (χ2n) is 6.73. The lowest BCUT2D eigenvalue weighted by Gasteiger charge is -2.22. The Balaban J connectivity index is 1.39. The molecule has 1 saturated heterocycles. The maximum Gasteiger partial charge on any atom is 0.243 e. The van der Waals surface area contributed by atoms with Crippen LogP contribution in [0.2, 0.25) is 0 Å². The molecular weight excluding hydrogens is 377 g/mol. The van der Waals surface area contributed by atoms with Crippen molar-refractivity contribution in [3.8, 4) is 0 Å². The van der Waals surface area contributed by atoms with Gasteiger partial charge in [-0.15, -0.1) is 0 Å². The van der Waals surface area contributed by atoms with Crippen LogP contribution in [-0.4, -0.2) is 32.8 Å². The van der Waals surface area contributed by atoms with E-state index in [0.717, 1.165) is 35.6 Å². The number of benzene rings is 1. The van der Waals surface area contributed by atoms with Gasteiger partial charge in [0.05, 0.1) is 0 Å². The van der Waals surface area contributed by atoms with Gasteiger partial charge in [0.1, 0.15) is 17.7 Å². The molecule has 1 fully saturated rings. The van der Waals surface area contributed by atoms with Gasteiger partial charge in [-0.1, -0.05) is 18.2 Å². The Bertz CT molecular complexity index is 931. The third kappa shape index (κ3) is 4.33. The topological polar surface area (TPSA) is 71.0 Å². The van der Waals surface area contributed by atoms with E-state index in [2.05, 4.69) is 19.7 Å². The van der Waals surface area contributed by atoms with E-state index < -0.39 is 0 Å². The zero-order valence-corrected chi connectivity index (χ0v) is 16.0. The van der Waals surface area contributed by atoms with Crippen LogP contribution in [0.5, 0.6) is 0 Å². The highest BCUT2D eigenvalue weighted by atomic mass is 32.1. The summed E-state index contributed by atoms with van der Waals surface area (Å²) in [6.45, 7) is 1.25. The summed E-state index contributed by atoms with van der Waals surface area (Å²) < 4.78 is 17.5. The third-order valence-corrected chi connectivity index (χ3v) is 5.51. The number of aromatic nitrogens is 3. The van der Waals surface area contributed by atoms with E-state index in [4.69, 9.17) is 0 Å². The maximum atomic E-state index is 13.0. The number of carbonyl (C=O) groups excluding carboxylic acids is 1. The number of nitrogens with one attached hydrogen (secondary N) is 1. The minimum Gasteiger partial charge on any atom is -0.350 e. The standard InChI is InChI=1S/C20H20FN5OS/c21-16-7-5-14(6-8-16)11-18-24-20(28-25-18)26-10-2-4-17(26)19(27)23-13-15-3-1-9-22-12-15/h1,3,5-9,12,17H,2,4,10-11,13H2,(H,23,27). The maximum absolute atomic E-state index is 13.0. The summed E-state index contributed by atoms with van der Waals surface area (Å²) in [5.41, 5.74) is 1.93. The van der Waals surface area contributed by atoms with Crippen LogP contribution < -0.4 is 10.2 Å². The summed E-state index contributed by atoms with van der Waals surface area (Å²) >= 11 is 1.31. The number of rotatable bonds is 6. The first kappa shape index (κ1) is 18.5. The van der Waals surface area contributed by atoms with Gasteiger partial charge < -0.3 is 10.2 Å². The zero-order chi connectivity index (χ0) is 19.3. The Morgan fingerprint density at radius 2 is 2.11 bits per heavy atom. The second kappa shape index (κ2) is 8.43. The molecule has 1 unspecified atom stereocenters. The monoisotopic (exact) mass is 397 g/mol. The lowest BCUT2D eigenvalue weighted by Crippen LogP contribution is -2.43. The molecule has 28 heavy (non-hydrogen) atoms. The van der Waals surface area contributed by atoms with Crippen LogP contribution in [0, 0.1) is 5.82 Å². The van der Waals surface area contributed by atoms with Crippen LogP contribution in [-0.2, 0) is 17.8 Å². The van der Waals surface area contributed by atoms with Gasteiger partial charge in [-0.05, 0) is 42.2 Å². The fourth-order valence-electron chi connectivity index (χ4n) is 3.30. The number of carbonyl (C=O) groups is 1. The molecule has 0 bridgehead atoms. The normalized spacial score (nSPS) is 16.3. The highest BCUT2D eigenvalue weighted by Gasteiger charge is 2.32. The summed E-state index contributed by atoms with van der Waals surface area (Å²) in [6.07, 6.45) is 5.74. The van der Waals surface area contributed by atoms with Gasteiger partial charge in [0.25, 0.3) is 0 Å².